The minimum absolute atomic E-state index is 0.127. The Kier molecular flexibility index (Phi) is 9.50. The molecule has 0 saturated heterocycles. The van der Waals surface area contributed by atoms with Gasteiger partial charge in [-0.05, 0) is 53.9 Å². The molecule has 0 spiro atoms. The Hall–Kier alpha value is -2.42. The minimum atomic E-state index is -4.71. The number of halogens is 3. The summed E-state index contributed by atoms with van der Waals surface area (Å²) in [5, 5.41) is 5.95. The van der Waals surface area contributed by atoms with Crippen molar-refractivity contribution in [2.75, 3.05) is 13.1 Å². The second-order valence-corrected chi connectivity index (χ2v) is 10.1. The number of hydrogen-bond donors (Lipinski definition) is 2. The van der Waals surface area contributed by atoms with Crippen LogP contribution >= 0.6 is 0 Å². The van der Waals surface area contributed by atoms with E-state index in [0.29, 0.717) is 6.42 Å². The van der Waals surface area contributed by atoms with Crippen LogP contribution in [0.1, 0.15) is 49.7 Å². The van der Waals surface area contributed by atoms with Crippen molar-refractivity contribution >= 4 is 20.8 Å². The number of alkyl halides is 3. The molecular weight excluding hydrogens is 461 g/mol. The first-order chi connectivity index (χ1) is 16.3. The fourth-order valence-electron chi connectivity index (χ4n) is 3.88. The van der Waals surface area contributed by atoms with E-state index in [9.17, 15) is 21.6 Å². The van der Waals surface area contributed by atoms with Crippen LogP contribution in [0.25, 0.3) is 10.8 Å². The monoisotopic (exact) mass is 492 g/mol. The third-order valence-corrected chi connectivity index (χ3v) is 7.22. The van der Waals surface area contributed by atoms with Gasteiger partial charge in [0.25, 0.3) is 0 Å². The van der Waals surface area contributed by atoms with Gasteiger partial charge in [-0.2, -0.15) is 13.2 Å². The fourth-order valence-corrected chi connectivity index (χ4v) is 5.18. The lowest BCUT2D eigenvalue weighted by Gasteiger charge is -2.13. The van der Waals surface area contributed by atoms with Gasteiger partial charge in [0.15, 0.2) is 0 Å². The standard InChI is InChI=1S/C26H31F3N2O2S/c27-26(28,29)24-13-7-8-14-25(24)34(32,33)31-18-10-4-2-1-3-9-17-30-20-21-15-16-22-11-5-6-12-23(22)19-21/h5-8,11-16,19,30-31H,1-4,9-10,17-18,20H2. The van der Waals surface area contributed by atoms with Crippen molar-refractivity contribution in [2.45, 2.75) is 56.1 Å². The van der Waals surface area contributed by atoms with Crippen LogP contribution in [0.5, 0.6) is 0 Å². The summed E-state index contributed by atoms with van der Waals surface area (Å²) in [6.07, 6.45) is 0.855. The summed E-state index contributed by atoms with van der Waals surface area (Å²) < 4.78 is 66.1. The molecule has 0 fully saturated rings. The molecule has 0 atom stereocenters. The number of rotatable bonds is 13. The van der Waals surface area contributed by atoms with E-state index in [2.05, 4.69) is 40.4 Å². The molecule has 0 saturated carbocycles. The molecule has 0 aliphatic rings. The average molecular weight is 493 g/mol. The topological polar surface area (TPSA) is 58.2 Å². The smallest absolute Gasteiger partial charge is 0.313 e. The maximum atomic E-state index is 13.1. The lowest BCUT2D eigenvalue weighted by Crippen LogP contribution is -2.27. The first-order valence-corrected chi connectivity index (χ1v) is 13.1. The van der Waals surface area contributed by atoms with Gasteiger partial charge in [-0.3, -0.25) is 0 Å². The predicted molar refractivity (Wildman–Crippen MR) is 130 cm³/mol. The summed E-state index contributed by atoms with van der Waals surface area (Å²) in [5.74, 6) is 0. The van der Waals surface area contributed by atoms with Crippen LogP contribution < -0.4 is 10.0 Å². The zero-order valence-corrected chi connectivity index (χ0v) is 19.9. The van der Waals surface area contributed by atoms with Gasteiger partial charge < -0.3 is 5.32 Å². The van der Waals surface area contributed by atoms with Gasteiger partial charge in [0.05, 0.1) is 10.5 Å². The highest BCUT2D eigenvalue weighted by atomic mass is 32.2. The van der Waals surface area contributed by atoms with E-state index in [1.54, 1.807) is 0 Å². The lowest BCUT2D eigenvalue weighted by atomic mass is 10.1. The van der Waals surface area contributed by atoms with Gasteiger partial charge >= 0.3 is 6.18 Å². The van der Waals surface area contributed by atoms with Gasteiger partial charge in [-0.1, -0.05) is 74.2 Å². The first kappa shape index (κ1) is 26.2. The Balaban J connectivity index is 1.25. The van der Waals surface area contributed by atoms with Gasteiger partial charge in [-0.25, -0.2) is 13.1 Å². The summed E-state index contributed by atoms with van der Waals surface area (Å²) >= 11 is 0. The third kappa shape index (κ3) is 7.82. The van der Waals surface area contributed by atoms with Crippen LogP contribution in [0.15, 0.2) is 71.6 Å². The molecular formula is C26H31F3N2O2S. The Bertz CT molecular complexity index is 1160. The summed E-state index contributed by atoms with van der Waals surface area (Å²) in [5.41, 5.74) is 0.121. The number of nitrogens with one attached hydrogen (secondary N) is 2. The largest absolute Gasteiger partial charge is 0.417 e. The summed E-state index contributed by atoms with van der Waals surface area (Å²) in [4.78, 5) is -0.723. The first-order valence-electron chi connectivity index (χ1n) is 11.6. The summed E-state index contributed by atoms with van der Waals surface area (Å²) in [7, 11) is -4.20. The second-order valence-electron chi connectivity index (χ2n) is 8.37. The number of sulfonamides is 1. The summed E-state index contributed by atoms with van der Waals surface area (Å²) in [6, 6.07) is 19.0. The molecule has 0 bridgehead atoms. The van der Waals surface area contributed by atoms with Crippen LogP contribution in [0, 0.1) is 0 Å². The highest BCUT2D eigenvalue weighted by molar-refractivity contribution is 7.89. The predicted octanol–water partition coefficient (Wildman–Crippen LogP) is 6.27. The molecule has 8 heteroatoms. The quantitative estimate of drug-likeness (QED) is 0.277. The molecule has 0 amide bonds. The normalized spacial score (nSPS) is 12.3. The van der Waals surface area contributed by atoms with Gasteiger partial charge in [-0.15, -0.1) is 0 Å². The van der Waals surface area contributed by atoms with E-state index < -0.39 is 26.7 Å². The number of unbranched alkanes of at least 4 members (excludes halogenated alkanes) is 5. The van der Waals surface area contributed by atoms with Crippen LogP contribution in [-0.2, 0) is 22.7 Å². The molecule has 0 heterocycles. The van der Waals surface area contributed by atoms with E-state index in [1.807, 2.05) is 12.1 Å². The Morgan fingerprint density at radius 2 is 1.32 bits per heavy atom. The molecule has 184 valence electrons. The molecule has 0 aliphatic heterocycles. The van der Waals surface area contributed by atoms with Gasteiger partial charge in [0, 0.05) is 13.1 Å². The number of fused-ring (bicyclic) bond motifs is 1. The average Bonchev–Trinajstić information content (AvgIpc) is 2.82. The van der Waals surface area contributed by atoms with E-state index in [1.165, 1.54) is 28.5 Å². The molecule has 2 N–H and O–H groups in total. The fraction of sp³-hybridized carbons (Fsp3) is 0.385. The molecule has 0 aliphatic carbocycles. The van der Waals surface area contributed by atoms with Gasteiger partial charge in [0.1, 0.15) is 0 Å². The van der Waals surface area contributed by atoms with Crippen LogP contribution in [-0.4, -0.2) is 21.5 Å². The SMILES string of the molecule is O=S(=O)(NCCCCCCCCNCc1ccc2ccccc2c1)c1ccccc1C(F)(F)F. The lowest BCUT2D eigenvalue weighted by molar-refractivity contribution is -0.139. The molecule has 3 aromatic rings. The van der Waals surface area contributed by atoms with Crippen molar-refractivity contribution < 1.29 is 21.6 Å². The maximum absolute atomic E-state index is 13.1. The van der Waals surface area contributed by atoms with E-state index in [-0.39, 0.29) is 6.54 Å². The van der Waals surface area contributed by atoms with Crippen molar-refractivity contribution in [2.24, 2.45) is 0 Å². The van der Waals surface area contributed by atoms with E-state index in [0.717, 1.165) is 57.3 Å². The maximum Gasteiger partial charge on any atom is 0.417 e. The van der Waals surface area contributed by atoms with Crippen molar-refractivity contribution in [1.29, 1.82) is 0 Å². The third-order valence-electron chi connectivity index (χ3n) is 5.70. The van der Waals surface area contributed by atoms with Crippen LogP contribution in [0.2, 0.25) is 0 Å². The highest BCUT2D eigenvalue weighted by Crippen LogP contribution is 2.33. The molecule has 3 aromatic carbocycles. The van der Waals surface area contributed by atoms with Crippen molar-refractivity contribution in [1.82, 2.24) is 10.0 Å². The van der Waals surface area contributed by atoms with Gasteiger partial charge in [0.2, 0.25) is 10.0 Å². The Morgan fingerprint density at radius 3 is 2.06 bits per heavy atom. The number of benzene rings is 3. The molecule has 0 aromatic heterocycles. The highest BCUT2D eigenvalue weighted by Gasteiger charge is 2.36. The molecule has 34 heavy (non-hydrogen) atoms. The molecule has 4 nitrogen and oxygen atoms in total. The molecule has 0 radical (unpaired) electrons. The Morgan fingerprint density at radius 1 is 0.706 bits per heavy atom. The Labute approximate surface area is 199 Å². The van der Waals surface area contributed by atoms with E-state index >= 15 is 0 Å². The molecule has 0 unspecified atom stereocenters. The van der Waals surface area contributed by atoms with E-state index in [4.69, 9.17) is 0 Å². The van der Waals surface area contributed by atoms with Crippen molar-refractivity contribution in [3.63, 3.8) is 0 Å². The summed E-state index contributed by atoms with van der Waals surface area (Å²) in [6.45, 7) is 1.90. The minimum Gasteiger partial charge on any atom is -0.313 e. The second kappa shape index (κ2) is 12.3. The number of hydrogen-bond acceptors (Lipinski definition) is 3. The zero-order chi connectivity index (χ0) is 24.4. The van der Waals surface area contributed by atoms with Crippen LogP contribution in [0.4, 0.5) is 13.2 Å². The zero-order valence-electron chi connectivity index (χ0n) is 19.1. The molecule has 3 rings (SSSR count). The van der Waals surface area contributed by atoms with Crippen molar-refractivity contribution in [3.05, 3.63) is 77.9 Å². The van der Waals surface area contributed by atoms with Crippen LogP contribution in [0.3, 0.4) is 0 Å². The van der Waals surface area contributed by atoms with Crippen molar-refractivity contribution in [3.8, 4) is 0 Å².